The van der Waals surface area contributed by atoms with E-state index in [9.17, 15) is 0 Å². The minimum atomic E-state index is 0.328. The zero-order chi connectivity index (χ0) is 11.8. The van der Waals surface area contributed by atoms with Crippen LogP contribution in [0, 0.1) is 5.92 Å². The van der Waals surface area contributed by atoms with Crippen molar-refractivity contribution in [1.29, 1.82) is 0 Å². The van der Waals surface area contributed by atoms with Crippen LogP contribution in [-0.4, -0.2) is 14.5 Å². The van der Waals surface area contributed by atoms with Gasteiger partial charge in [0.15, 0.2) is 5.82 Å². The van der Waals surface area contributed by atoms with Gasteiger partial charge in [-0.25, -0.2) is 9.97 Å². The van der Waals surface area contributed by atoms with Crippen molar-refractivity contribution < 1.29 is 0 Å². The molecule has 0 aromatic carbocycles. The Morgan fingerprint density at radius 2 is 2.35 bits per heavy atom. The second-order valence-electron chi connectivity index (χ2n) is 4.89. The molecule has 0 amide bonds. The van der Waals surface area contributed by atoms with Gasteiger partial charge in [0, 0.05) is 6.20 Å². The average molecular weight is 228 g/mol. The highest BCUT2D eigenvalue weighted by Gasteiger charge is 2.25. The smallest absolute Gasteiger partial charge is 0.161 e. The van der Waals surface area contributed by atoms with Crippen LogP contribution in [0.4, 0.5) is 5.69 Å². The van der Waals surface area contributed by atoms with Gasteiger partial charge < -0.3 is 5.32 Å². The van der Waals surface area contributed by atoms with Gasteiger partial charge in [0.1, 0.15) is 6.33 Å². The van der Waals surface area contributed by atoms with E-state index in [1.807, 2.05) is 24.8 Å². The van der Waals surface area contributed by atoms with E-state index in [2.05, 4.69) is 39.8 Å². The Labute approximate surface area is 101 Å². The summed E-state index contributed by atoms with van der Waals surface area (Å²) in [5, 5.41) is 3.55. The standard InChI is InChI=1S/C13H16N4/c1-9(2)6-11-12-7-14-8-17(12)13-10(16-11)4-3-5-15-13/h3-5,7-9,11,16H,6H2,1-2H3/t11-/m1/s1. The fourth-order valence-corrected chi connectivity index (χ4v) is 2.35. The van der Waals surface area contributed by atoms with Gasteiger partial charge in [0.05, 0.1) is 23.6 Å². The molecule has 1 N–H and O–H groups in total. The van der Waals surface area contributed by atoms with Gasteiger partial charge in [0.25, 0.3) is 0 Å². The monoisotopic (exact) mass is 228 g/mol. The highest BCUT2D eigenvalue weighted by Crippen LogP contribution is 2.34. The molecule has 0 spiro atoms. The van der Waals surface area contributed by atoms with Crippen LogP contribution in [0.2, 0.25) is 0 Å². The van der Waals surface area contributed by atoms with Crippen molar-refractivity contribution in [3.63, 3.8) is 0 Å². The van der Waals surface area contributed by atoms with E-state index < -0.39 is 0 Å². The van der Waals surface area contributed by atoms with Crippen LogP contribution in [0.25, 0.3) is 5.82 Å². The molecule has 4 nitrogen and oxygen atoms in total. The highest BCUT2D eigenvalue weighted by molar-refractivity contribution is 5.61. The second-order valence-corrected chi connectivity index (χ2v) is 4.89. The van der Waals surface area contributed by atoms with Gasteiger partial charge in [-0.3, -0.25) is 4.57 Å². The van der Waals surface area contributed by atoms with Crippen LogP contribution in [0.1, 0.15) is 32.0 Å². The zero-order valence-corrected chi connectivity index (χ0v) is 10.1. The first-order chi connectivity index (χ1) is 8.25. The van der Waals surface area contributed by atoms with Crippen molar-refractivity contribution >= 4 is 5.69 Å². The molecule has 0 unspecified atom stereocenters. The number of aromatic nitrogens is 3. The summed E-state index contributed by atoms with van der Waals surface area (Å²) in [5.74, 6) is 1.59. The normalized spacial score (nSPS) is 17.5. The number of imidazole rings is 1. The highest BCUT2D eigenvalue weighted by atomic mass is 15.2. The number of rotatable bonds is 2. The van der Waals surface area contributed by atoms with Gasteiger partial charge in [-0.15, -0.1) is 0 Å². The molecule has 1 aliphatic heterocycles. The topological polar surface area (TPSA) is 42.7 Å². The number of nitrogens with zero attached hydrogens (tertiary/aromatic N) is 3. The van der Waals surface area contributed by atoms with Crippen LogP contribution in [0.15, 0.2) is 30.9 Å². The van der Waals surface area contributed by atoms with Gasteiger partial charge in [-0.1, -0.05) is 13.8 Å². The van der Waals surface area contributed by atoms with E-state index in [1.54, 1.807) is 0 Å². The van der Waals surface area contributed by atoms with Crippen LogP contribution in [0.5, 0.6) is 0 Å². The minimum Gasteiger partial charge on any atom is -0.374 e. The Morgan fingerprint density at radius 3 is 3.18 bits per heavy atom. The van der Waals surface area contributed by atoms with Gasteiger partial charge in [0.2, 0.25) is 0 Å². The summed E-state index contributed by atoms with van der Waals surface area (Å²) < 4.78 is 2.08. The van der Waals surface area contributed by atoms with Crippen molar-refractivity contribution in [2.45, 2.75) is 26.3 Å². The molecule has 2 aromatic heterocycles. The molecular formula is C13H16N4. The molecule has 1 aliphatic rings. The first-order valence-electron chi connectivity index (χ1n) is 6.00. The number of anilines is 1. The third-order valence-corrected chi connectivity index (χ3v) is 3.08. The number of hydrogen-bond acceptors (Lipinski definition) is 3. The number of pyridine rings is 1. The van der Waals surface area contributed by atoms with E-state index in [0.29, 0.717) is 12.0 Å². The van der Waals surface area contributed by atoms with Crippen molar-refractivity contribution in [3.05, 3.63) is 36.5 Å². The summed E-state index contributed by atoms with van der Waals surface area (Å²) in [6.45, 7) is 4.47. The van der Waals surface area contributed by atoms with E-state index in [-0.39, 0.29) is 0 Å². The van der Waals surface area contributed by atoms with Gasteiger partial charge >= 0.3 is 0 Å². The van der Waals surface area contributed by atoms with Gasteiger partial charge in [-0.2, -0.15) is 0 Å². The maximum Gasteiger partial charge on any atom is 0.161 e. The summed E-state index contributed by atoms with van der Waals surface area (Å²) in [6.07, 6.45) is 6.68. The van der Waals surface area contributed by atoms with Crippen LogP contribution in [0.3, 0.4) is 0 Å². The molecule has 3 heterocycles. The predicted octanol–water partition coefficient (Wildman–Crippen LogP) is 2.78. The number of nitrogens with one attached hydrogen (secondary N) is 1. The van der Waals surface area contributed by atoms with Gasteiger partial charge in [-0.05, 0) is 24.5 Å². The molecular weight excluding hydrogens is 212 g/mol. The minimum absolute atomic E-state index is 0.328. The second kappa shape index (κ2) is 3.87. The molecule has 2 aromatic rings. The van der Waals surface area contributed by atoms with Crippen molar-refractivity contribution in [1.82, 2.24) is 14.5 Å². The molecule has 4 heteroatoms. The molecule has 88 valence electrons. The van der Waals surface area contributed by atoms with Crippen molar-refractivity contribution in [2.24, 2.45) is 5.92 Å². The first-order valence-corrected chi connectivity index (χ1v) is 6.00. The maximum absolute atomic E-state index is 4.41. The molecule has 0 aliphatic carbocycles. The Bertz CT molecular complexity index is 530. The number of hydrogen-bond donors (Lipinski definition) is 1. The summed E-state index contributed by atoms with van der Waals surface area (Å²) in [5.41, 5.74) is 2.29. The Kier molecular flexibility index (Phi) is 2.35. The lowest BCUT2D eigenvalue weighted by atomic mass is 10.00. The number of fused-ring (bicyclic) bond motifs is 3. The van der Waals surface area contributed by atoms with Crippen LogP contribution < -0.4 is 5.32 Å². The molecule has 0 bridgehead atoms. The quantitative estimate of drug-likeness (QED) is 0.859. The predicted molar refractivity (Wildman–Crippen MR) is 67.2 cm³/mol. The molecule has 3 rings (SSSR count). The molecule has 17 heavy (non-hydrogen) atoms. The summed E-state index contributed by atoms with van der Waals surface area (Å²) in [4.78, 5) is 8.65. The molecule has 1 atom stereocenters. The Morgan fingerprint density at radius 1 is 1.47 bits per heavy atom. The average Bonchev–Trinajstić information content (AvgIpc) is 2.78. The maximum atomic E-state index is 4.41. The van der Waals surface area contributed by atoms with Crippen molar-refractivity contribution in [2.75, 3.05) is 5.32 Å². The molecule has 0 radical (unpaired) electrons. The molecule has 0 fully saturated rings. The van der Waals surface area contributed by atoms with Crippen LogP contribution >= 0.6 is 0 Å². The lowest BCUT2D eigenvalue weighted by molar-refractivity contribution is 0.513. The largest absolute Gasteiger partial charge is 0.374 e. The third kappa shape index (κ3) is 1.69. The van der Waals surface area contributed by atoms with E-state index in [4.69, 9.17) is 0 Å². The SMILES string of the molecule is CC(C)C[C@H]1Nc2cccnc2-n2cncc21. The lowest BCUT2D eigenvalue weighted by Gasteiger charge is -2.28. The third-order valence-electron chi connectivity index (χ3n) is 3.08. The Balaban J connectivity index is 2.06. The first kappa shape index (κ1) is 10.3. The fraction of sp³-hybridized carbons (Fsp3) is 0.385. The summed E-state index contributed by atoms with van der Waals surface area (Å²) in [7, 11) is 0. The fourth-order valence-electron chi connectivity index (χ4n) is 2.35. The Hall–Kier alpha value is -1.84. The summed E-state index contributed by atoms with van der Waals surface area (Å²) >= 11 is 0. The van der Waals surface area contributed by atoms with Crippen LogP contribution in [-0.2, 0) is 0 Å². The molecule has 0 saturated carbocycles. The lowest BCUT2D eigenvalue weighted by Crippen LogP contribution is -2.23. The van der Waals surface area contributed by atoms with E-state index >= 15 is 0 Å². The molecule has 0 saturated heterocycles. The zero-order valence-electron chi connectivity index (χ0n) is 10.1. The van der Waals surface area contributed by atoms with E-state index in [0.717, 1.165) is 17.9 Å². The summed E-state index contributed by atoms with van der Waals surface area (Å²) in [6, 6.07) is 4.35. The van der Waals surface area contributed by atoms with Crippen molar-refractivity contribution in [3.8, 4) is 5.82 Å². The van der Waals surface area contributed by atoms with E-state index in [1.165, 1.54) is 5.69 Å².